The van der Waals surface area contributed by atoms with E-state index >= 15 is 0 Å². The van der Waals surface area contributed by atoms with Crippen LogP contribution in [0.4, 0.5) is 0 Å². The first-order valence-corrected chi connectivity index (χ1v) is 8.06. The van der Waals surface area contributed by atoms with Crippen LogP contribution < -0.4 is 0 Å². The maximum absolute atomic E-state index is 12.1. The van der Waals surface area contributed by atoms with Crippen LogP contribution in [0.2, 0.25) is 5.02 Å². The molecule has 1 aromatic heterocycles. The molecule has 5 heteroatoms. The average molecular weight is 313 g/mol. The number of halogens is 1. The summed E-state index contributed by atoms with van der Waals surface area (Å²) in [7, 11) is 0. The summed E-state index contributed by atoms with van der Waals surface area (Å²) in [6.45, 7) is 8.01. The molecule has 0 aliphatic rings. The van der Waals surface area contributed by atoms with Crippen molar-refractivity contribution in [1.82, 2.24) is 9.97 Å². The molecule has 0 radical (unpaired) electrons. The van der Waals surface area contributed by atoms with Gasteiger partial charge in [0.1, 0.15) is 5.82 Å². The van der Waals surface area contributed by atoms with Crippen LogP contribution >= 0.6 is 11.6 Å². The zero-order chi connectivity index (χ0) is 15.8. The first-order chi connectivity index (χ1) is 9.95. The molecule has 0 aliphatic carbocycles. The number of unbranched alkanes of at least 4 members (excludes halogenated alkanes) is 3. The van der Waals surface area contributed by atoms with E-state index in [1.165, 1.54) is 25.5 Å². The van der Waals surface area contributed by atoms with Crippen LogP contribution in [-0.4, -0.2) is 22.0 Å². The molecule has 21 heavy (non-hydrogen) atoms. The molecule has 1 atom stereocenters. The first-order valence-electron chi connectivity index (χ1n) is 7.69. The average Bonchev–Trinajstić information content (AvgIpc) is 2.43. The predicted octanol–water partition coefficient (Wildman–Crippen LogP) is 4.77. The highest BCUT2D eigenvalue weighted by atomic mass is 35.5. The zero-order valence-electron chi connectivity index (χ0n) is 13.4. The van der Waals surface area contributed by atoms with Gasteiger partial charge in [-0.05, 0) is 19.8 Å². The first kappa shape index (κ1) is 17.9. The molecule has 118 valence electrons. The van der Waals surface area contributed by atoms with Gasteiger partial charge in [-0.2, -0.15) is 0 Å². The normalized spacial score (nSPS) is 12.5. The van der Waals surface area contributed by atoms with Crippen molar-refractivity contribution in [2.45, 2.75) is 71.8 Å². The van der Waals surface area contributed by atoms with E-state index in [1.54, 1.807) is 0 Å². The maximum atomic E-state index is 12.1. The van der Waals surface area contributed by atoms with Crippen LogP contribution in [0.3, 0.4) is 0 Å². The number of nitrogens with zero attached hydrogens (tertiary/aromatic N) is 2. The Bertz CT molecular complexity index is 464. The topological polar surface area (TPSA) is 52.1 Å². The van der Waals surface area contributed by atoms with Gasteiger partial charge >= 0.3 is 5.97 Å². The molecule has 1 aromatic rings. The standard InChI is InChI=1S/C16H25ClN2O2/c1-5-6-7-8-9-12(4)21-16(20)14-13(17)10-18-15(19-14)11(2)3/h10-12H,5-9H2,1-4H3. The van der Waals surface area contributed by atoms with E-state index < -0.39 is 5.97 Å². The fourth-order valence-electron chi connectivity index (χ4n) is 1.96. The highest BCUT2D eigenvalue weighted by molar-refractivity contribution is 6.33. The molecule has 4 nitrogen and oxygen atoms in total. The Balaban J connectivity index is 2.60. The van der Waals surface area contributed by atoms with Gasteiger partial charge in [-0.3, -0.25) is 0 Å². The number of hydrogen-bond donors (Lipinski definition) is 0. The van der Waals surface area contributed by atoms with Crippen LogP contribution in [0.5, 0.6) is 0 Å². The van der Waals surface area contributed by atoms with Crippen LogP contribution in [0, 0.1) is 0 Å². The number of aromatic nitrogens is 2. The lowest BCUT2D eigenvalue weighted by Gasteiger charge is -2.14. The van der Waals surface area contributed by atoms with Crippen molar-refractivity contribution in [3.63, 3.8) is 0 Å². The van der Waals surface area contributed by atoms with Crippen LogP contribution in [0.25, 0.3) is 0 Å². The molecular formula is C16H25ClN2O2. The van der Waals surface area contributed by atoms with Gasteiger partial charge in [0.15, 0.2) is 5.69 Å². The number of ether oxygens (including phenoxy) is 1. The molecule has 1 heterocycles. The number of rotatable bonds is 8. The lowest BCUT2D eigenvalue weighted by Crippen LogP contribution is -2.17. The molecule has 0 spiro atoms. The van der Waals surface area contributed by atoms with E-state index in [9.17, 15) is 4.79 Å². The summed E-state index contributed by atoms with van der Waals surface area (Å²) >= 11 is 6.00. The largest absolute Gasteiger partial charge is 0.458 e. The van der Waals surface area contributed by atoms with Crippen molar-refractivity contribution in [2.24, 2.45) is 0 Å². The van der Waals surface area contributed by atoms with E-state index in [4.69, 9.17) is 16.3 Å². The third kappa shape index (κ3) is 6.00. The van der Waals surface area contributed by atoms with Gasteiger partial charge in [-0.15, -0.1) is 0 Å². The zero-order valence-corrected chi connectivity index (χ0v) is 14.1. The van der Waals surface area contributed by atoms with Gasteiger partial charge in [0.2, 0.25) is 0 Å². The summed E-state index contributed by atoms with van der Waals surface area (Å²) in [6, 6.07) is 0. The molecule has 0 saturated carbocycles. The molecule has 0 aliphatic heterocycles. The Hall–Kier alpha value is -1.16. The quantitative estimate of drug-likeness (QED) is 0.512. The fourth-order valence-corrected chi connectivity index (χ4v) is 2.13. The van der Waals surface area contributed by atoms with Gasteiger partial charge in [-0.25, -0.2) is 14.8 Å². The van der Waals surface area contributed by atoms with E-state index in [-0.39, 0.29) is 22.7 Å². The van der Waals surface area contributed by atoms with Crippen LogP contribution in [0.1, 0.15) is 82.0 Å². The van der Waals surface area contributed by atoms with Gasteiger partial charge < -0.3 is 4.74 Å². The summed E-state index contributed by atoms with van der Waals surface area (Å²) in [4.78, 5) is 20.5. The van der Waals surface area contributed by atoms with Crippen molar-refractivity contribution < 1.29 is 9.53 Å². The molecule has 0 bridgehead atoms. The minimum atomic E-state index is -0.465. The summed E-state index contributed by atoms with van der Waals surface area (Å²) in [5, 5.41) is 0.239. The minimum Gasteiger partial charge on any atom is -0.458 e. The van der Waals surface area contributed by atoms with Crippen molar-refractivity contribution in [2.75, 3.05) is 0 Å². The SMILES string of the molecule is CCCCCCC(C)OC(=O)c1nc(C(C)C)ncc1Cl. The van der Waals surface area contributed by atoms with E-state index in [0.717, 1.165) is 12.8 Å². The summed E-state index contributed by atoms with van der Waals surface area (Å²) in [5.41, 5.74) is 0.163. The minimum absolute atomic E-state index is 0.122. The predicted molar refractivity (Wildman–Crippen MR) is 84.8 cm³/mol. The molecule has 1 unspecified atom stereocenters. The second-order valence-electron chi connectivity index (χ2n) is 5.64. The van der Waals surface area contributed by atoms with Gasteiger partial charge in [-0.1, -0.05) is 51.6 Å². The van der Waals surface area contributed by atoms with Crippen molar-refractivity contribution in [3.8, 4) is 0 Å². The van der Waals surface area contributed by atoms with Crippen LogP contribution in [0.15, 0.2) is 6.20 Å². The smallest absolute Gasteiger partial charge is 0.358 e. The Morgan fingerprint density at radius 3 is 2.62 bits per heavy atom. The van der Waals surface area contributed by atoms with Gasteiger partial charge in [0.05, 0.1) is 17.3 Å². The van der Waals surface area contributed by atoms with E-state index in [0.29, 0.717) is 5.82 Å². The fraction of sp³-hybridized carbons (Fsp3) is 0.688. The van der Waals surface area contributed by atoms with Gasteiger partial charge in [0, 0.05) is 5.92 Å². The maximum Gasteiger partial charge on any atom is 0.358 e. The van der Waals surface area contributed by atoms with E-state index in [2.05, 4.69) is 16.9 Å². The number of carbonyl (C=O) groups excluding carboxylic acids is 1. The van der Waals surface area contributed by atoms with Crippen LogP contribution in [-0.2, 0) is 4.74 Å². The summed E-state index contributed by atoms with van der Waals surface area (Å²) < 4.78 is 5.42. The van der Waals surface area contributed by atoms with Crippen molar-refractivity contribution in [1.29, 1.82) is 0 Å². The third-order valence-corrected chi connectivity index (χ3v) is 3.52. The molecule has 0 amide bonds. The molecule has 0 aromatic carbocycles. The van der Waals surface area contributed by atoms with Crippen molar-refractivity contribution >= 4 is 17.6 Å². The monoisotopic (exact) mass is 312 g/mol. The molecule has 0 N–H and O–H groups in total. The van der Waals surface area contributed by atoms with E-state index in [1.807, 2.05) is 20.8 Å². The second-order valence-corrected chi connectivity index (χ2v) is 6.05. The Kier molecular flexibility index (Phi) is 7.65. The Morgan fingerprint density at radius 1 is 1.29 bits per heavy atom. The number of hydrogen-bond acceptors (Lipinski definition) is 4. The van der Waals surface area contributed by atoms with Crippen molar-refractivity contribution in [3.05, 3.63) is 22.7 Å². The lowest BCUT2D eigenvalue weighted by atomic mass is 10.1. The molecule has 1 rings (SSSR count). The highest BCUT2D eigenvalue weighted by Crippen LogP contribution is 2.18. The summed E-state index contributed by atoms with van der Waals surface area (Å²) in [6.07, 6.45) is 6.86. The Labute approximate surface area is 132 Å². The van der Waals surface area contributed by atoms with Gasteiger partial charge in [0.25, 0.3) is 0 Å². The lowest BCUT2D eigenvalue weighted by molar-refractivity contribution is 0.0312. The number of carbonyl (C=O) groups is 1. The third-order valence-electron chi connectivity index (χ3n) is 3.24. The molecule has 0 fully saturated rings. The highest BCUT2D eigenvalue weighted by Gasteiger charge is 2.19. The molecular weight excluding hydrogens is 288 g/mol. The summed E-state index contributed by atoms with van der Waals surface area (Å²) in [5.74, 6) is 0.273. The second kappa shape index (κ2) is 8.98. The Morgan fingerprint density at radius 2 is 2.00 bits per heavy atom. The molecule has 0 saturated heterocycles. The number of esters is 1.